The number of rotatable bonds is 7. The maximum Gasteiger partial charge on any atom is 0.404 e. The van der Waals surface area contributed by atoms with Gasteiger partial charge in [0.2, 0.25) is 0 Å². The molecule has 0 aliphatic carbocycles. The van der Waals surface area contributed by atoms with E-state index in [1.807, 2.05) is 43.4 Å². The SMILES string of the molecule is CC(C)(C)[Si](C)(C)O[C@H](C=O)C(Cc1ccccc1)NC(=O)O. The van der Waals surface area contributed by atoms with Gasteiger partial charge >= 0.3 is 6.09 Å². The van der Waals surface area contributed by atoms with Crippen LogP contribution in [0.5, 0.6) is 0 Å². The minimum absolute atomic E-state index is 0.0607. The summed E-state index contributed by atoms with van der Waals surface area (Å²) in [4.78, 5) is 22.7. The van der Waals surface area contributed by atoms with E-state index in [4.69, 9.17) is 9.53 Å². The molecule has 0 saturated carbocycles. The normalized spacial score (nSPS) is 14.8. The average molecular weight is 337 g/mol. The number of carbonyl (C=O) groups is 2. The van der Waals surface area contributed by atoms with E-state index in [-0.39, 0.29) is 5.04 Å². The van der Waals surface area contributed by atoms with E-state index >= 15 is 0 Å². The molecular formula is C17H27NO4Si. The molecule has 5 nitrogen and oxygen atoms in total. The lowest BCUT2D eigenvalue weighted by Crippen LogP contribution is -2.53. The lowest BCUT2D eigenvalue weighted by Gasteiger charge is -2.39. The van der Waals surface area contributed by atoms with Gasteiger partial charge in [0.1, 0.15) is 12.4 Å². The standard InChI is InChI=1S/C17H27NO4Si/c1-17(2,3)23(4,5)22-15(12-19)14(18-16(20)21)11-13-9-7-6-8-10-13/h6-10,12,14-15,18H,11H2,1-5H3,(H,20,21)/t14?,15-/m1/s1. The summed E-state index contributed by atoms with van der Waals surface area (Å²) < 4.78 is 6.13. The number of hydrogen-bond donors (Lipinski definition) is 2. The van der Waals surface area contributed by atoms with Crippen molar-refractivity contribution in [1.82, 2.24) is 5.32 Å². The quantitative estimate of drug-likeness (QED) is 0.590. The molecule has 23 heavy (non-hydrogen) atoms. The maximum absolute atomic E-state index is 11.6. The number of benzene rings is 1. The lowest BCUT2D eigenvalue weighted by molar-refractivity contribution is -0.115. The van der Waals surface area contributed by atoms with Gasteiger partial charge in [-0.3, -0.25) is 0 Å². The first kappa shape index (κ1) is 19.4. The van der Waals surface area contributed by atoms with E-state index in [2.05, 4.69) is 26.1 Å². The highest BCUT2D eigenvalue weighted by molar-refractivity contribution is 6.74. The molecule has 0 aliphatic rings. The van der Waals surface area contributed by atoms with Gasteiger partial charge in [-0.2, -0.15) is 0 Å². The van der Waals surface area contributed by atoms with E-state index < -0.39 is 26.6 Å². The van der Waals surface area contributed by atoms with Crippen LogP contribution < -0.4 is 5.32 Å². The van der Waals surface area contributed by atoms with Crippen LogP contribution in [-0.4, -0.2) is 37.9 Å². The molecule has 2 atom stereocenters. The third-order valence-electron chi connectivity index (χ3n) is 4.37. The number of hydrogen-bond acceptors (Lipinski definition) is 3. The molecular weight excluding hydrogens is 310 g/mol. The molecule has 0 radical (unpaired) electrons. The first-order chi connectivity index (χ1) is 10.6. The molecule has 0 spiro atoms. The van der Waals surface area contributed by atoms with E-state index in [0.717, 1.165) is 5.56 Å². The smallest absolute Gasteiger partial charge is 0.404 e. The van der Waals surface area contributed by atoms with Crippen LogP contribution in [0.2, 0.25) is 18.1 Å². The van der Waals surface area contributed by atoms with Crippen LogP contribution in [0.3, 0.4) is 0 Å². The molecule has 0 saturated heterocycles. The van der Waals surface area contributed by atoms with Crippen LogP contribution in [0, 0.1) is 0 Å². The molecule has 1 amide bonds. The second-order valence-corrected chi connectivity index (χ2v) is 12.0. The highest BCUT2D eigenvalue weighted by atomic mass is 28.4. The van der Waals surface area contributed by atoms with Gasteiger partial charge in [-0.15, -0.1) is 0 Å². The lowest BCUT2D eigenvalue weighted by atomic mass is 10.0. The number of carbonyl (C=O) groups excluding carboxylic acids is 1. The van der Waals surface area contributed by atoms with Gasteiger partial charge < -0.3 is 19.6 Å². The molecule has 6 heteroatoms. The molecule has 2 N–H and O–H groups in total. The minimum atomic E-state index is -2.18. The van der Waals surface area contributed by atoms with Gasteiger partial charge in [-0.05, 0) is 30.1 Å². The zero-order chi connectivity index (χ0) is 17.7. The molecule has 1 aromatic rings. The summed E-state index contributed by atoms with van der Waals surface area (Å²) in [5, 5.41) is 11.5. The van der Waals surface area contributed by atoms with E-state index in [1.54, 1.807) is 0 Å². The van der Waals surface area contributed by atoms with Crippen LogP contribution in [0.25, 0.3) is 0 Å². The van der Waals surface area contributed by atoms with Gasteiger partial charge in [0.05, 0.1) is 6.04 Å². The number of aldehydes is 1. The van der Waals surface area contributed by atoms with Crippen molar-refractivity contribution in [2.75, 3.05) is 0 Å². The largest absolute Gasteiger partial charge is 0.465 e. The van der Waals surface area contributed by atoms with Gasteiger partial charge in [-0.1, -0.05) is 51.1 Å². The van der Waals surface area contributed by atoms with Crippen LogP contribution in [0.1, 0.15) is 26.3 Å². The Morgan fingerprint density at radius 1 is 1.30 bits per heavy atom. The average Bonchev–Trinajstić information content (AvgIpc) is 2.43. The van der Waals surface area contributed by atoms with Crippen molar-refractivity contribution >= 4 is 20.7 Å². The van der Waals surface area contributed by atoms with Crippen LogP contribution >= 0.6 is 0 Å². The molecule has 0 fully saturated rings. The zero-order valence-electron chi connectivity index (χ0n) is 14.5. The Hall–Kier alpha value is -1.66. The molecule has 1 unspecified atom stereocenters. The third-order valence-corrected chi connectivity index (χ3v) is 8.85. The Morgan fingerprint density at radius 2 is 1.87 bits per heavy atom. The number of amides is 1. The van der Waals surface area contributed by atoms with Gasteiger partial charge in [0, 0.05) is 0 Å². The first-order valence-corrected chi connectivity index (χ1v) is 10.6. The van der Waals surface area contributed by atoms with Crippen molar-refractivity contribution in [3.63, 3.8) is 0 Å². The summed E-state index contributed by atoms with van der Waals surface area (Å²) in [6.45, 7) is 10.3. The molecule has 128 valence electrons. The number of nitrogens with one attached hydrogen (secondary N) is 1. The van der Waals surface area contributed by atoms with Crippen molar-refractivity contribution in [3.05, 3.63) is 35.9 Å². The Bertz CT molecular complexity index is 525. The Labute approximate surface area is 139 Å². The molecule has 0 aliphatic heterocycles. The van der Waals surface area contributed by atoms with E-state index in [1.165, 1.54) is 0 Å². The second-order valence-electron chi connectivity index (χ2n) is 7.22. The van der Waals surface area contributed by atoms with Crippen LogP contribution in [0.4, 0.5) is 4.79 Å². The topological polar surface area (TPSA) is 75.6 Å². The maximum atomic E-state index is 11.6. The predicted molar refractivity (Wildman–Crippen MR) is 93.2 cm³/mol. The molecule has 1 rings (SSSR count). The Morgan fingerprint density at radius 3 is 2.30 bits per heavy atom. The summed E-state index contributed by atoms with van der Waals surface area (Å²) >= 11 is 0. The van der Waals surface area contributed by atoms with E-state index in [9.17, 15) is 9.59 Å². The minimum Gasteiger partial charge on any atom is -0.465 e. The third kappa shape index (κ3) is 5.80. The van der Waals surface area contributed by atoms with Gasteiger partial charge in [0.25, 0.3) is 0 Å². The fourth-order valence-electron chi connectivity index (χ4n) is 2.00. The summed E-state index contributed by atoms with van der Waals surface area (Å²) in [5.41, 5.74) is 0.955. The predicted octanol–water partition coefficient (Wildman–Crippen LogP) is 3.45. The Kier molecular flexibility index (Phi) is 6.53. The van der Waals surface area contributed by atoms with E-state index in [0.29, 0.717) is 12.7 Å². The summed E-state index contributed by atoms with van der Waals surface area (Å²) in [6, 6.07) is 8.87. The van der Waals surface area contributed by atoms with Crippen LogP contribution in [-0.2, 0) is 15.6 Å². The zero-order valence-corrected chi connectivity index (χ0v) is 15.5. The molecule has 1 aromatic carbocycles. The van der Waals surface area contributed by atoms with Crippen molar-refractivity contribution < 1.29 is 19.1 Å². The summed E-state index contributed by atoms with van der Waals surface area (Å²) in [5.74, 6) is 0. The fraction of sp³-hybridized carbons (Fsp3) is 0.529. The molecule has 0 heterocycles. The van der Waals surface area contributed by atoms with Gasteiger partial charge in [-0.25, -0.2) is 4.79 Å². The molecule has 0 aromatic heterocycles. The van der Waals surface area contributed by atoms with Crippen molar-refractivity contribution in [1.29, 1.82) is 0 Å². The van der Waals surface area contributed by atoms with Crippen molar-refractivity contribution in [2.45, 2.75) is 57.5 Å². The highest BCUT2D eigenvalue weighted by Gasteiger charge is 2.41. The summed E-state index contributed by atoms with van der Waals surface area (Å²) in [6.07, 6.45) is -0.835. The number of carboxylic acid groups (broad SMARTS) is 1. The summed E-state index contributed by atoms with van der Waals surface area (Å²) in [7, 11) is -2.18. The van der Waals surface area contributed by atoms with Gasteiger partial charge in [0.15, 0.2) is 8.32 Å². The Balaban J connectivity index is 2.98. The van der Waals surface area contributed by atoms with Crippen LogP contribution in [0.15, 0.2) is 30.3 Å². The van der Waals surface area contributed by atoms with Crippen molar-refractivity contribution in [3.8, 4) is 0 Å². The monoisotopic (exact) mass is 337 g/mol. The molecule has 0 bridgehead atoms. The first-order valence-electron chi connectivity index (χ1n) is 7.73. The second kappa shape index (κ2) is 7.74. The van der Waals surface area contributed by atoms with Crippen molar-refractivity contribution in [2.24, 2.45) is 0 Å². The fourth-order valence-corrected chi connectivity index (χ4v) is 3.25. The highest BCUT2D eigenvalue weighted by Crippen LogP contribution is 2.37.